The largest absolute Gasteiger partial charge is 0.493 e. The Balaban J connectivity index is 1.64. The van der Waals surface area contributed by atoms with E-state index in [2.05, 4.69) is 6.58 Å². The normalized spacial score (nSPS) is 24.3. The molecule has 3 rings (SSSR count). The summed E-state index contributed by atoms with van der Waals surface area (Å²) >= 11 is 0. The van der Waals surface area contributed by atoms with Crippen LogP contribution in [-0.2, 0) is 9.84 Å². The van der Waals surface area contributed by atoms with Crippen LogP contribution >= 0.6 is 0 Å². The Labute approximate surface area is 177 Å². The van der Waals surface area contributed by atoms with E-state index in [0.717, 1.165) is 38.6 Å². The minimum atomic E-state index is -3.52. The molecule has 2 unspecified atom stereocenters. The molecule has 166 valence electrons. The summed E-state index contributed by atoms with van der Waals surface area (Å²) in [5, 5.41) is 0. The number of benzene rings is 1. The van der Waals surface area contributed by atoms with Crippen LogP contribution in [0.2, 0.25) is 0 Å². The lowest BCUT2D eigenvalue weighted by molar-refractivity contribution is -0.0704. The molecule has 1 aromatic rings. The van der Waals surface area contributed by atoms with Gasteiger partial charge in [0.15, 0.2) is 9.84 Å². The molecule has 0 aromatic heterocycles. The Morgan fingerprint density at radius 1 is 1.20 bits per heavy atom. The van der Waals surface area contributed by atoms with Crippen LogP contribution in [0, 0.1) is 11.8 Å². The van der Waals surface area contributed by atoms with Crippen LogP contribution in [-0.4, -0.2) is 51.1 Å². The third-order valence-corrected chi connectivity index (χ3v) is 7.30. The van der Waals surface area contributed by atoms with Crippen molar-refractivity contribution in [3.63, 3.8) is 0 Å². The molecule has 2 fully saturated rings. The van der Waals surface area contributed by atoms with Gasteiger partial charge >= 0.3 is 0 Å². The Hall–Kier alpha value is -1.96. The lowest BCUT2D eigenvalue weighted by Crippen LogP contribution is -2.37. The third kappa shape index (κ3) is 5.59. The summed E-state index contributed by atoms with van der Waals surface area (Å²) in [6.45, 7) is 5.14. The SMILES string of the molecule is C=C(C1CCC(F)(F)CC1COc1ccc(C(=O)N2CCCCC2)cc1)S(C)(=O)=O. The Morgan fingerprint density at radius 3 is 2.43 bits per heavy atom. The summed E-state index contributed by atoms with van der Waals surface area (Å²) in [6, 6.07) is 6.65. The van der Waals surface area contributed by atoms with Crippen LogP contribution in [0.5, 0.6) is 5.75 Å². The van der Waals surface area contributed by atoms with Crippen molar-refractivity contribution in [1.82, 2.24) is 4.90 Å². The molecule has 1 heterocycles. The zero-order chi connectivity index (χ0) is 21.9. The number of alkyl halides is 2. The smallest absolute Gasteiger partial charge is 0.253 e. The van der Waals surface area contributed by atoms with E-state index >= 15 is 0 Å². The number of carbonyl (C=O) groups is 1. The van der Waals surface area contributed by atoms with Crippen molar-refractivity contribution in [3.8, 4) is 5.75 Å². The summed E-state index contributed by atoms with van der Waals surface area (Å²) in [7, 11) is -3.52. The molecule has 1 aliphatic heterocycles. The van der Waals surface area contributed by atoms with E-state index in [1.54, 1.807) is 24.3 Å². The average molecular weight is 442 g/mol. The topological polar surface area (TPSA) is 63.7 Å². The number of halogens is 2. The fourth-order valence-electron chi connectivity index (χ4n) is 4.28. The standard InChI is InChI=1S/C22H29F2NO4S/c1-16(30(2,27)28)20-10-11-22(23,24)14-18(20)15-29-19-8-6-17(7-9-19)21(26)25-12-4-3-5-13-25/h6-9,18,20H,1,3-5,10-15H2,2H3. The lowest BCUT2D eigenvalue weighted by Gasteiger charge is -2.36. The summed E-state index contributed by atoms with van der Waals surface area (Å²) in [5.41, 5.74) is 0.566. The molecule has 1 saturated heterocycles. The number of rotatable bonds is 6. The molecule has 30 heavy (non-hydrogen) atoms. The number of ether oxygens (including phenoxy) is 1. The quantitative estimate of drug-likeness (QED) is 0.660. The number of carbonyl (C=O) groups excluding carboxylic acids is 1. The zero-order valence-electron chi connectivity index (χ0n) is 17.3. The second-order valence-electron chi connectivity index (χ2n) is 8.39. The second-order valence-corrected chi connectivity index (χ2v) is 10.5. The zero-order valence-corrected chi connectivity index (χ0v) is 18.1. The number of allylic oxidation sites excluding steroid dienone is 1. The fraction of sp³-hybridized carbons (Fsp3) is 0.591. The minimum Gasteiger partial charge on any atom is -0.493 e. The van der Waals surface area contributed by atoms with Crippen molar-refractivity contribution in [1.29, 1.82) is 0 Å². The molecule has 0 N–H and O–H groups in total. The van der Waals surface area contributed by atoms with Gasteiger partial charge in [0.05, 0.1) is 6.61 Å². The van der Waals surface area contributed by atoms with Crippen LogP contribution in [0.15, 0.2) is 35.7 Å². The predicted octanol–water partition coefficient (Wildman–Crippen LogP) is 4.30. The Kier molecular flexibility index (Phi) is 6.84. The summed E-state index contributed by atoms with van der Waals surface area (Å²) in [5.74, 6) is -3.60. The number of sulfone groups is 1. The predicted molar refractivity (Wildman–Crippen MR) is 111 cm³/mol. The van der Waals surface area contributed by atoms with Gasteiger partial charge in [-0.05, 0) is 49.9 Å². The number of nitrogens with zero attached hydrogens (tertiary/aromatic N) is 1. The Bertz CT molecular complexity index is 877. The first kappa shape index (κ1) is 22.7. The van der Waals surface area contributed by atoms with Gasteiger partial charge < -0.3 is 9.64 Å². The Morgan fingerprint density at radius 2 is 1.83 bits per heavy atom. The number of amides is 1. The van der Waals surface area contributed by atoms with Gasteiger partial charge in [0.2, 0.25) is 5.92 Å². The molecule has 2 atom stereocenters. The maximum absolute atomic E-state index is 14.0. The van der Waals surface area contributed by atoms with Crippen molar-refractivity contribution < 1.29 is 26.7 Å². The van der Waals surface area contributed by atoms with E-state index in [-0.39, 0.29) is 30.3 Å². The van der Waals surface area contributed by atoms with E-state index < -0.39 is 34.0 Å². The number of hydrogen-bond donors (Lipinski definition) is 0. The van der Waals surface area contributed by atoms with Gasteiger partial charge in [-0.15, -0.1) is 0 Å². The highest BCUT2D eigenvalue weighted by Gasteiger charge is 2.44. The fourth-order valence-corrected chi connectivity index (χ4v) is 5.14. The summed E-state index contributed by atoms with van der Waals surface area (Å²) in [4.78, 5) is 14.4. The molecule has 1 aliphatic carbocycles. The first-order chi connectivity index (χ1) is 14.1. The molecule has 1 amide bonds. The highest BCUT2D eigenvalue weighted by molar-refractivity contribution is 7.94. The maximum atomic E-state index is 14.0. The molecule has 5 nitrogen and oxygen atoms in total. The second kappa shape index (κ2) is 9.04. The minimum absolute atomic E-state index is 0.00549. The summed E-state index contributed by atoms with van der Waals surface area (Å²) in [6.07, 6.45) is 3.50. The van der Waals surface area contributed by atoms with Gasteiger partial charge in [0, 0.05) is 54.5 Å². The highest BCUT2D eigenvalue weighted by atomic mass is 32.2. The van der Waals surface area contributed by atoms with E-state index in [1.165, 1.54) is 0 Å². The molecule has 8 heteroatoms. The van der Waals surface area contributed by atoms with Crippen LogP contribution in [0.25, 0.3) is 0 Å². The first-order valence-electron chi connectivity index (χ1n) is 10.4. The van der Waals surface area contributed by atoms with Gasteiger partial charge in [-0.25, -0.2) is 17.2 Å². The lowest BCUT2D eigenvalue weighted by atomic mass is 9.77. The molecule has 0 bridgehead atoms. The first-order valence-corrected chi connectivity index (χ1v) is 12.2. The van der Waals surface area contributed by atoms with E-state index in [4.69, 9.17) is 4.74 Å². The number of likely N-dealkylation sites (tertiary alicyclic amines) is 1. The highest BCUT2D eigenvalue weighted by Crippen LogP contribution is 2.43. The molecular weight excluding hydrogens is 412 g/mol. The van der Waals surface area contributed by atoms with Crippen LogP contribution in [0.1, 0.15) is 48.9 Å². The van der Waals surface area contributed by atoms with Gasteiger partial charge in [0.25, 0.3) is 5.91 Å². The summed E-state index contributed by atoms with van der Waals surface area (Å²) < 4.78 is 57.4. The monoisotopic (exact) mass is 441 g/mol. The van der Waals surface area contributed by atoms with Crippen molar-refractivity contribution in [2.75, 3.05) is 26.0 Å². The van der Waals surface area contributed by atoms with Crippen LogP contribution in [0.3, 0.4) is 0 Å². The van der Waals surface area contributed by atoms with Crippen molar-refractivity contribution in [2.24, 2.45) is 11.8 Å². The van der Waals surface area contributed by atoms with Gasteiger partial charge in [0.1, 0.15) is 5.75 Å². The van der Waals surface area contributed by atoms with E-state index in [0.29, 0.717) is 11.3 Å². The molecule has 1 aromatic carbocycles. The van der Waals surface area contributed by atoms with E-state index in [9.17, 15) is 22.0 Å². The van der Waals surface area contributed by atoms with Gasteiger partial charge in [-0.2, -0.15) is 0 Å². The molecule has 0 radical (unpaired) electrons. The third-order valence-electron chi connectivity index (χ3n) is 6.05. The van der Waals surface area contributed by atoms with Crippen LogP contribution in [0.4, 0.5) is 8.78 Å². The molecule has 2 aliphatic rings. The molecule has 0 spiro atoms. The van der Waals surface area contributed by atoms with Crippen molar-refractivity contribution in [3.05, 3.63) is 41.3 Å². The van der Waals surface area contributed by atoms with Crippen molar-refractivity contribution in [2.45, 2.75) is 44.4 Å². The van der Waals surface area contributed by atoms with Gasteiger partial charge in [-0.3, -0.25) is 4.79 Å². The average Bonchev–Trinajstić information content (AvgIpc) is 2.71. The van der Waals surface area contributed by atoms with E-state index in [1.807, 2.05) is 4.90 Å². The maximum Gasteiger partial charge on any atom is 0.253 e. The van der Waals surface area contributed by atoms with Gasteiger partial charge in [-0.1, -0.05) is 6.58 Å². The van der Waals surface area contributed by atoms with Crippen LogP contribution < -0.4 is 4.74 Å². The van der Waals surface area contributed by atoms with Crippen molar-refractivity contribution >= 4 is 15.7 Å². The molecule has 1 saturated carbocycles. The number of piperidine rings is 1. The molecular formula is C22H29F2NO4S. The number of hydrogen-bond acceptors (Lipinski definition) is 4.